The average molecular weight is 292 g/mol. The van der Waals surface area contributed by atoms with Crippen molar-refractivity contribution >= 4 is 16.5 Å². The number of hydrogen-bond acceptors (Lipinski definition) is 4. The summed E-state index contributed by atoms with van der Waals surface area (Å²) in [7, 11) is 0. The maximum absolute atomic E-state index is 12.9. The molecule has 0 spiro atoms. The van der Waals surface area contributed by atoms with Gasteiger partial charge in [-0.3, -0.25) is 0 Å². The highest BCUT2D eigenvalue weighted by molar-refractivity contribution is 7.15. The number of morpholine rings is 1. The summed E-state index contributed by atoms with van der Waals surface area (Å²) in [5.41, 5.74) is 2.18. The number of rotatable bonds is 3. The Kier molecular flexibility index (Phi) is 3.98. The largest absolute Gasteiger partial charge is 0.378 e. The van der Waals surface area contributed by atoms with Crippen LogP contribution in [0.4, 0.5) is 9.52 Å². The molecule has 3 rings (SSSR count). The van der Waals surface area contributed by atoms with Crippen LogP contribution >= 0.6 is 11.3 Å². The molecule has 0 bridgehead atoms. The maximum Gasteiger partial charge on any atom is 0.185 e. The SMILES string of the molecule is Cc1sc(N2CCOCC2)nc1Cc1ccc(F)cc1. The lowest BCUT2D eigenvalue weighted by molar-refractivity contribution is 0.122. The van der Waals surface area contributed by atoms with E-state index in [1.807, 2.05) is 12.1 Å². The van der Waals surface area contributed by atoms with E-state index in [4.69, 9.17) is 9.72 Å². The van der Waals surface area contributed by atoms with Crippen molar-refractivity contribution in [1.29, 1.82) is 0 Å². The standard InChI is InChI=1S/C15H17FN2OS/c1-11-14(10-12-2-4-13(16)5-3-12)17-15(20-11)18-6-8-19-9-7-18/h2-5H,6-10H2,1H3. The molecular formula is C15H17FN2OS. The number of hydrogen-bond donors (Lipinski definition) is 0. The van der Waals surface area contributed by atoms with E-state index in [9.17, 15) is 4.39 Å². The zero-order chi connectivity index (χ0) is 13.9. The third-order valence-electron chi connectivity index (χ3n) is 3.45. The smallest absolute Gasteiger partial charge is 0.185 e. The highest BCUT2D eigenvalue weighted by Gasteiger charge is 2.16. The summed E-state index contributed by atoms with van der Waals surface area (Å²) in [4.78, 5) is 8.25. The van der Waals surface area contributed by atoms with Gasteiger partial charge in [-0.1, -0.05) is 12.1 Å². The minimum absolute atomic E-state index is 0.197. The molecule has 0 aliphatic carbocycles. The van der Waals surface area contributed by atoms with Crippen molar-refractivity contribution in [3.63, 3.8) is 0 Å². The Morgan fingerprint density at radius 2 is 1.95 bits per heavy atom. The fourth-order valence-electron chi connectivity index (χ4n) is 2.26. The fraction of sp³-hybridized carbons (Fsp3) is 0.400. The topological polar surface area (TPSA) is 25.4 Å². The zero-order valence-electron chi connectivity index (χ0n) is 11.4. The van der Waals surface area contributed by atoms with Crippen LogP contribution in [0.25, 0.3) is 0 Å². The van der Waals surface area contributed by atoms with Crippen LogP contribution in [-0.4, -0.2) is 31.3 Å². The summed E-state index contributed by atoms with van der Waals surface area (Å²) in [5, 5.41) is 1.07. The summed E-state index contributed by atoms with van der Waals surface area (Å²) < 4.78 is 18.3. The number of benzene rings is 1. The maximum atomic E-state index is 12.9. The molecular weight excluding hydrogens is 275 g/mol. The molecule has 1 aromatic carbocycles. The predicted octanol–water partition coefficient (Wildman–Crippen LogP) is 3.02. The number of halogens is 1. The van der Waals surface area contributed by atoms with Gasteiger partial charge < -0.3 is 9.64 Å². The highest BCUT2D eigenvalue weighted by atomic mass is 32.1. The Morgan fingerprint density at radius 3 is 2.65 bits per heavy atom. The fourth-order valence-corrected chi connectivity index (χ4v) is 3.24. The van der Waals surface area contributed by atoms with Gasteiger partial charge in [-0.2, -0.15) is 0 Å². The second-order valence-electron chi connectivity index (χ2n) is 4.90. The van der Waals surface area contributed by atoms with Crippen LogP contribution in [0, 0.1) is 12.7 Å². The van der Waals surface area contributed by atoms with Gasteiger partial charge in [0.05, 0.1) is 18.9 Å². The van der Waals surface area contributed by atoms with Crippen LogP contribution in [0.5, 0.6) is 0 Å². The quantitative estimate of drug-likeness (QED) is 0.869. The van der Waals surface area contributed by atoms with Gasteiger partial charge in [-0.05, 0) is 24.6 Å². The Morgan fingerprint density at radius 1 is 1.25 bits per heavy atom. The average Bonchev–Trinajstić information content (AvgIpc) is 2.84. The van der Waals surface area contributed by atoms with Crippen LogP contribution in [0.15, 0.2) is 24.3 Å². The van der Waals surface area contributed by atoms with Gasteiger partial charge in [-0.25, -0.2) is 9.37 Å². The number of ether oxygens (including phenoxy) is 1. The molecule has 1 aromatic heterocycles. The zero-order valence-corrected chi connectivity index (χ0v) is 12.3. The van der Waals surface area contributed by atoms with E-state index in [1.54, 1.807) is 11.3 Å². The van der Waals surface area contributed by atoms with Crippen LogP contribution in [0.2, 0.25) is 0 Å². The monoisotopic (exact) mass is 292 g/mol. The Labute approximate surface area is 122 Å². The van der Waals surface area contributed by atoms with E-state index >= 15 is 0 Å². The van der Waals surface area contributed by atoms with Crippen molar-refractivity contribution in [2.24, 2.45) is 0 Å². The van der Waals surface area contributed by atoms with E-state index in [0.29, 0.717) is 0 Å². The van der Waals surface area contributed by atoms with Gasteiger partial charge in [0.15, 0.2) is 5.13 Å². The first-order valence-electron chi connectivity index (χ1n) is 6.76. The molecule has 0 atom stereocenters. The molecule has 1 fully saturated rings. The lowest BCUT2D eigenvalue weighted by Gasteiger charge is -2.26. The molecule has 1 saturated heterocycles. The minimum Gasteiger partial charge on any atom is -0.378 e. The lowest BCUT2D eigenvalue weighted by atomic mass is 10.1. The van der Waals surface area contributed by atoms with Crippen LogP contribution in [0.3, 0.4) is 0 Å². The molecule has 1 aliphatic rings. The molecule has 20 heavy (non-hydrogen) atoms. The van der Waals surface area contributed by atoms with Gasteiger partial charge in [-0.15, -0.1) is 11.3 Å². The molecule has 0 amide bonds. The molecule has 2 heterocycles. The van der Waals surface area contributed by atoms with Crippen molar-refractivity contribution in [3.8, 4) is 0 Å². The summed E-state index contributed by atoms with van der Waals surface area (Å²) >= 11 is 1.73. The molecule has 5 heteroatoms. The van der Waals surface area contributed by atoms with E-state index < -0.39 is 0 Å². The number of anilines is 1. The summed E-state index contributed by atoms with van der Waals surface area (Å²) in [6, 6.07) is 6.64. The number of aromatic nitrogens is 1. The Balaban J connectivity index is 1.76. The number of thiazole rings is 1. The second kappa shape index (κ2) is 5.89. The van der Waals surface area contributed by atoms with Gasteiger partial charge in [0.1, 0.15) is 5.82 Å². The molecule has 3 nitrogen and oxygen atoms in total. The van der Waals surface area contributed by atoms with Crippen molar-refractivity contribution in [3.05, 3.63) is 46.2 Å². The Hall–Kier alpha value is -1.46. The van der Waals surface area contributed by atoms with Crippen LogP contribution in [0.1, 0.15) is 16.1 Å². The van der Waals surface area contributed by atoms with Crippen LogP contribution < -0.4 is 4.90 Å². The van der Waals surface area contributed by atoms with E-state index in [1.165, 1.54) is 17.0 Å². The first-order valence-corrected chi connectivity index (χ1v) is 7.57. The number of nitrogens with zero attached hydrogens (tertiary/aromatic N) is 2. The molecule has 2 aromatic rings. The second-order valence-corrected chi connectivity index (χ2v) is 6.08. The van der Waals surface area contributed by atoms with Crippen molar-refractivity contribution < 1.29 is 9.13 Å². The first kappa shape index (κ1) is 13.5. The first-order chi connectivity index (χ1) is 9.72. The van der Waals surface area contributed by atoms with Gasteiger partial charge in [0, 0.05) is 24.4 Å². The van der Waals surface area contributed by atoms with Gasteiger partial charge >= 0.3 is 0 Å². The number of aryl methyl sites for hydroxylation is 1. The summed E-state index contributed by atoms with van der Waals surface area (Å²) in [5.74, 6) is -0.197. The molecule has 1 aliphatic heterocycles. The van der Waals surface area contributed by atoms with Crippen molar-refractivity contribution in [1.82, 2.24) is 4.98 Å². The minimum atomic E-state index is -0.197. The summed E-state index contributed by atoms with van der Waals surface area (Å²) in [6.45, 7) is 5.45. The Bertz CT molecular complexity index is 576. The third kappa shape index (κ3) is 2.99. The van der Waals surface area contributed by atoms with Gasteiger partial charge in [0.2, 0.25) is 0 Å². The van der Waals surface area contributed by atoms with Gasteiger partial charge in [0.25, 0.3) is 0 Å². The van der Waals surface area contributed by atoms with E-state index in [0.717, 1.165) is 49.1 Å². The summed E-state index contributed by atoms with van der Waals surface area (Å²) in [6.07, 6.45) is 0.757. The predicted molar refractivity (Wildman–Crippen MR) is 79.1 cm³/mol. The molecule has 0 saturated carbocycles. The third-order valence-corrected chi connectivity index (χ3v) is 4.52. The van der Waals surface area contributed by atoms with Crippen molar-refractivity contribution in [2.75, 3.05) is 31.2 Å². The van der Waals surface area contributed by atoms with Crippen molar-refractivity contribution in [2.45, 2.75) is 13.3 Å². The molecule has 106 valence electrons. The molecule has 0 radical (unpaired) electrons. The highest BCUT2D eigenvalue weighted by Crippen LogP contribution is 2.27. The molecule has 0 unspecified atom stereocenters. The molecule has 0 N–H and O–H groups in total. The van der Waals surface area contributed by atoms with E-state index in [-0.39, 0.29) is 5.82 Å². The van der Waals surface area contributed by atoms with E-state index in [2.05, 4.69) is 11.8 Å². The lowest BCUT2D eigenvalue weighted by Crippen LogP contribution is -2.36. The van der Waals surface area contributed by atoms with Crippen LogP contribution in [-0.2, 0) is 11.2 Å². The normalized spacial score (nSPS) is 15.6.